The van der Waals surface area contributed by atoms with E-state index in [0.29, 0.717) is 6.54 Å². The van der Waals surface area contributed by atoms with E-state index in [1.165, 1.54) is 21.9 Å². The highest BCUT2D eigenvalue weighted by atomic mass is 32.2. The molecule has 0 bridgehead atoms. The molecule has 168 valence electrons. The number of hydrogen-bond donors (Lipinski definition) is 2. The van der Waals surface area contributed by atoms with Crippen molar-refractivity contribution in [3.8, 4) is 0 Å². The Labute approximate surface area is 187 Å². The fourth-order valence-electron chi connectivity index (χ4n) is 4.19. The summed E-state index contributed by atoms with van der Waals surface area (Å²) in [5, 5.41) is 0. The standard InChI is InChI=1S/C23H32N4O3S/c1-4-5-12-26-21(24)20(22(29)25-23(26)30)27(17-8-6-7-9-17)19(28)14-31-18-11-10-15(2)13-16(18)3/h10-11,13,17H,4-9,12,14,24H2,1-3H3,(H,25,29,30). The number of amides is 1. The van der Waals surface area contributed by atoms with Gasteiger partial charge in [0.05, 0.1) is 5.75 Å². The number of hydrogen-bond acceptors (Lipinski definition) is 5. The Morgan fingerprint density at radius 2 is 1.97 bits per heavy atom. The summed E-state index contributed by atoms with van der Waals surface area (Å²) in [6.45, 7) is 6.50. The summed E-state index contributed by atoms with van der Waals surface area (Å²) in [7, 11) is 0. The van der Waals surface area contributed by atoms with Crippen LogP contribution < -0.4 is 21.9 Å². The second kappa shape index (κ2) is 10.2. The van der Waals surface area contributed by atoms with Crippen molar-refractivity contribution in [2.24, 2.45) is 0 Å². The van der Waals surface area contributed by atoms with Crippen LogP contribution in [-0.2, 0) is 11.3 Å². The van der Waals surface area contributed by atoms with Crippen LogP contribution >= 0.6 is 11.8 Å². The number of carbonyl (C=O) groups excluding carboxylic acids is 1. The van der Waals surface area contributed by atoms with Crippen molar-refractivity contribution in [3.05, 3.63) is 50.2 Å². The van der Waals surface area contributed by atoms with E-state index in [2.05, 4.69) is 11.1 Å². The van der Waals surface area contributed by atoms with Crippen LogP contribution in [0.3, 0.4) is 0 Å². The van der Waals surface area contributed by atoms with Gasteiger partial charge in [0.15, 0.2) is 5.69 Å². The van der Waals surface area contributed by atoms with E-state index in [-0.39, 0.29) is 29.2 Å². The van der Waals surface area contributed by atoms with Crippen LogP contribution in [0.15, 0.2) is 32.7 Å². The van der Waals surface area contributed by atoms with Crippen LogP contribution in [0.4, 0.5) is 11.5 Å². The first-order valence-electron chi connectivity index (χ1n) is 11.0. The molecule has 0 spiro atoms. The Balaban J connectivity index is 1.95. The Hall–Kier alpha value is -2.48. The highest BCUT2D eigenvalue weighted by Crippen LogP contribution is 2.31. The number of rotatable bonds is 8. The van der Waals surface area contributed by atoms with Gasteiger partial charge in [-0.25, -0.2) is 4.79 Å². The number of unbranched alkanes of at least 4 members (excludes halogenated alkanes) is 1. The van der Waals surface area contributed by atoms with E-state index in [9.17, 15) is 14.4 Å². The number of aromatic amines is 1. The van der Waals surface area contributed by atoms with Gasteiger partial charge in [-0.2, -0.15) is 0 Å². The lowest BCUT2D eigenvalue weighted by Crippen LogP contribution is -2.46. The molecule has 3 rings (SSSR count). The molecule has 0 aliphatic heterocycles. The topological polar surface area (TPSA) is 101 Å². The van der Waals surface area contributed by atoms with Gasteiger partial charge in [-0.15, -0.1) is 11.8 Å². The predicted molar refractivity (Wildman–Crippen MR) is 127 cm³/mol. The van der Waals surface area contributed by atoms with Crippen LogP contribution in [0, 0.1) is 13.8 Å². The van der Waals surface area contributed by atoms with E-state index in [4.69, 9.17) is 5.73 Å². The van der Waals surface area contributed by atoms with Crippen molar-refractivity contribution in [2.75, 3.05) is 16.4 Å². The minimum Gasteiger partial charge on any atom is -0.383 e. The zero-order valence-corrected chi connectivity index (χ0v) is 19.4. The number of H-pyrrole nitrogens is 1. The molecule has 0 unspecified atom stereocenters. The number of nitrogens with zero attached hydrogens (tertiary/aromatic N) is 2. The number of nitrogens with one attached hydrogen (secondary N) is 1. The van der Waals surface area contributed by atoms with Gasteiger partial charge in [0.2, 0.25) is 5.91 Å². The maximum Gasteiger partial charge on any atom is 0.330 e. The van der Waals surface area contributed by atoms with E-state index in [1.807, 2.05) is 32.9 Å². The Kier molecular flexibility index (Phi) is 7.64. The van der Waals surface area contributed by atoms with Crippen molar-refractivity contribution in [2.45, 2.75) is 76.8 Å². The van der Waals surface area contributed by atoms with Crippen molar-refractivity contribution in [1.82, 2.24) is 9.55 Å². The molecule has 7 nitrogen and oxygen atoms in total. The molecule has 1 amide bonds. The second-order valence-corrected chi connectivity index (χ2v) is 9.28. The number of nitrogen functional groups attached to an aromatic ring is 1. The molecule has 0 atom stereocenters. The highest BCUT2D eigenvalue weighted by Gasteiger charge is 2.32. The van der Waals surface area contributed by atoms with Crippen LogP contribution in [-0.4, -0.2) is 27.3 Å². The first-order valence-corrected chi connectivity index (χ1v) is 12.0. The molecular weight excluding hydrogens is 412 g/mol. The van der Waals surface area contributed by atoms with Crippen LogP contribution in [0.25, 0.3) is 0 Å². The number of thioether (sulfide) groups is 1. The molecule has 8 heteroatoms. The summed E-state index contributed by atoms with van der Waals surface area (Å²) < 4.78 is 1.38. The summed E-state index contributed by atoms with van der Waals surface area (Å²) in [6.07, 6.45) is 5.31. The minimum atomic E-state index is -0.591. The van der Waals surface area contributed by atoms with Gasteiger partial charge in [0.25, 0.3) is 5.56 Å². The molecule has 1 fully saturated rings. The van der Waals surface area contributed by atoms with E-state index >= 15 is 0 Å². The fraction of sp³-hybridized carbons (Fsp3) is 0.522. The van der Waals surface area contributed by atoms with Crippen LogP contribution in [0.1, 0.15) is 56.6 Å². The Morgan fingerprint density at radius 1 is 1.26 bits per heavy atom. The lowest BCUT2D eigenvalue weighted by atomic mass is 10.2. The summed E-state index contributed by atoms with van der Waals surface area (Å²) in [4.78, 5) is 43.5. The Morgan fingerprint density at radius 3 is 2.61 bits per heavy atom. The quantitative estimate of drug-likeness (QED) is 0.606. The van der Waals surface area contributed by atoms with E-state index < -0.39 is 11.2 Å². The maximum atomic E-state index is 13.4. The van der Waals surface area contributed by atoms with Crippen molar-refractivity contribution in [3.63, 3.8) is 0 Å². The maximum absolute atomic E-state index is 13.4. The summed E-state index contributed by atoms with van der Waals surface area (Å²) in [5.41, 5.74) is 7.62. The first-order chi connectivity index (χ1) is 14.8. The molecular formula is C23H32N4O3S. The third-order valence-electron chi connectivity index (χ3n) is 5.83. The number of aryl methyl sites for hydroxylation is 2. The highest BCUT2D eigenvalue weighted by molar-refractivity contribution is 8.00. The molecule has 0 radical (unpaired) electrons. The zero-order valence-electron chi connectivity index (χ0n) is 18.6. The smallest absolute Gasteiger partial charge is 0.330 e. The summed E-state index contributed by atoms with van der Waals surface area (Å²) in [5.74, 6) is 0.127. The van der Waals surface area contributed by atoms with Crippen molar-refractivity contribution in [1.29, 1.82) is 0 Å². The van der Waals surface area contributed by atoms with E-state index in [1.54, 1.807) is 4.90 Å². The summed E-state index contributed by atoms with van der Waals surface area (Å²) >= 11 is 1.47. The van der Waals surface area contributed by atoms with E-state index in [0.717, 1.165) is 49.0 Å². The lowest BCUT2D eigenvalue weighted by molar-refractivity contribution is -0.116. The first kappa shape index (κ1) is 23.2. The van der Waals surface area contributed by atoms with Crippen molar-refractivity contribution < 1.29 is 4.79 Å². The average Bonchev–Trinajstić information content (AvgIpc) is 3.24. The van der Waals surface area contributed by atoms with Crippen LogP contribution in [0.2, 0.25) is 0 Å². The second-order valence-electron chi connectivity index (χ2n) is 8.26. The normalized spacial score (nSPS) is 14.2. The molecule has 31 heavy (non-hydrogen) atoms. The minimum absolute atomic E-state index is 0.0762. The van der Waals surface area contributed by atoms with Crippen molar-refractivity contribution >= 4 is 29.2 Å². The number of nitrogens with two attached hydrogens (primary N) is 1. The molecule has 0 saturated heterocycles. The van der Waals surface area contributed by atoms with Gasteiger partial charge in [-0.3, -0.25) is 19.1 Å². The number of carbonyl (C=O) groups is 1. The van der Waals surface area contributed by atoms with Gasteiger partial charge in [-0.05, 0) is 44.7 Å². The Bertz CT molecular complexity index is 1050. The molecule has 1 saturated carbocycles. The van der Waals surface area contributed by atoms with Gasteiger partial charge in [-0.1, -0.05) is 43.9 Å². The number of anilines is 2. The van der Waals surface area contributed by atoms with Gasteiger partial charge >= 0.3 is 5.69 Å². The van der Waals surface area contributed by atoms with Gasteiger partial charge in [0, 0.05) is 17.5 Å². The molecule has 1 aromatic carbocycles. The largest absolute Gasteiger partial charge is 0.383 e. The SMILES string of the molecule is CCCCn1c(N)c(N(C(=O)CSc2ccc(C)cc2C)C2CCCC2)c(=O)[nH]c1=O. The third kappa shape index (κ3) is 5.23. The lowest BCUT2D eigenvalue weighted by Gasteiger charge is -2.30. The van der Waals surface area contributed by atoms with Crippen LogP contribution in [0.5, 0.6) is 0 Å². The zero-order chi connectivity index (χ0) is 22.5. The average molecular weight is 445 g/mol. The molecule has 1 heterocycles. The molecule has 2 aromatic rings. The molecule has 3 N–H and O–H groups in total. The van der Waals surface area contributed by atoms with Gasteiger partial charge in [0.1, 0.15) is 5.82 Å². The van der Waals surface area contributed by atoms with Gasteiger partial charge < -0.3 is 10.6 Å². The third-order valence-corrected chi connectivity index (χ3v) is 6.99. The predicted octanol–water partition coefficient (Wildman–Crippen LogP) is 3.60. The molecule has 1 aliphatic carbocycles. The molecule has 1 aromatic heterocycles. The monoisotopic (exact) mass is 444 g/mol. The fourth-order valence-corrected chi connectivity index (χ4v) is 5.06. The summed E-state index contributed by atoms with van der Waals surface area (Å²) in [6, 6.07) is 6.07. The molecule has 1 aliphatic rings. The number of aromatic nitrogens is 2. The number of benzene rings is 1.